The van der Waals surface area contributed by atoms with Gasteiger partial charge in [-0.1, -0.05) is 6.08 Å². The summed E-state index contributed by atoms with van der Waals surface area (Å²) in [6.45, 7) is 4.55. The molecule has 0 heterocycles. The summed E-state index contributed by atoms with van der Waals surface area (Å²) in [4.78, 5) is 12.4. The van der Waals surface area contributed by atoms with Crippen LogP contribution in [0.15, 0.2) is 24.3 Å². The van der Waals surface area contributed by atoms with Crippen LogP contribution in [0.5, 0.6) is 5.75 Å². The zero-order chi connectivity index (χ0) is 13.7. The molecule has 0 saturated heterocycles. The van der Waals surface area contributed by atoms with Crippen LogP contribution in [0.25, 0.3) is 0 Å². The van der Waals surface area contributed by atoms with E-state index in [9.17, 15) is 4.79 Å². The topological polar surface area (TPSA) is 49.8 Å². The highest BCUT2D eigenvalue weighted by Gasteiger charge is 2.07. The van der Waals surface area contributed by atoms with Crippen molar-refractivity contribution in [3.05, 3.63) is 35.4 Å². The Labute approximate surface area is 107 Å². The third kappa shape index (κ3) is 3.52. The van der Waals surface area contributed by atoms with Crippen LogP contribution in [0.3, 0.4) is 0 Å². The third-order valence-electron chi connectivity index (χ3n) is 2.73. The number of carboxylic acids is 1. The molecular weight excluding hydrogens is 230 g/mol. The van der Waals surface area contributed by atoms with E-state index in [-0.39, 0.29) is 0 Å². The lowest BCUT2D eigenvalue weighted by atomic mass is 10.1. The van der Waals surface area contributed by atoms with Crippen molar-refractivity contribution in [3.8, 4) is 5.75 Å². The van der Waals surface area contributed by atoms with Crippen molar-refractivity contribution in [2.45, 2.75) is 13.8 Å². The first-order chi connectivity index (χ1) is 8.45. The first kappa shape index (κ1) is 14.1. The Bertz CT molecular complexity index is 443. The number of anilines is 1. The maximum absolute atomic E-state index is 10.4. The predicted molar refractivity (Wildman–Crippen MR) is 72.5 cm³/mol. The monoisotopic (exact) mass is 249 g/mol. The van der Waals surface area contributed by atoms with E-state index in [0.29, 0.717) is 6.54 Å². The molecule has 0 saturated carbocycles. The molecule has 0 amide bonds. The van der Waals surface area contributed by atoms with Gasteiger partial charge in [0.25, 0.3) is 0 Å². The summed E-state index contributed by atoms with van der Waals surface area (Å²) in [6.07, 6.45) is 2.77. The number of aryl methyl sites for hydroxylation is 2. The van der Waals surface area contributed by atoms with Gasteiger partial charge in [-0.15, -0.1) is 0 Å². The van der Waals surface area contributed by atoms with E-state index in [1.807, 2.05) is 37.9 Å². The van der Waals surface area contributed by atoms with Gasteiger partial charge in [-0.25, -0.2) is 4.79 Å². The summed E-state index contributed by atoms with van der Waals surface area (Å²) in [5, 5.41) is 8.53. The molecule has 0 radical (unpaired) electrons. The first-order valence-electron chi connectivity index (χ1n) is 5.71. The number of carbonyl (C=O) groups is 1. The largest absolute Gasteiger partial charge is 0.496 e. The fourth-order valence-electron chi connectivity index (χ4n) is 1.89. The predicted octanol–water partition coefficient (Wildman–Crippen LogP) is 2.39. The van der Waals surface area contributed by atoms with Crippen LogP contribution < -0.4 is 9.64 Å². The lowest BCUT2D eigenvalue weighted by molar-refractivity contribution is -0.131. The van der Waals surface area contributed by atoms with E-state index in [1.165, 1.54) is 0 Å². The van der Waals surface area contributed by atoms with E-state index >= 15 is 0 Å². The Kier molecular flexibility index (Phi) is 4.77. The van der Waals surface area contributed by atoms with Crippen molar-refractivity contribution >= 4 is 11.7 Å². The Hall–Kier alpha value is -1.97. The van der Waals surface area contributed by atoms with Crippen LogP contribution in [-0.4, -0.2) is 31.8 Å². The Morgan fingerprint density at radius 3 is 2.39 bits per heavy atom. The number of aliphatic carboxylic acids is 1. The average molecular weight is 249 g/mol. The number of likely N-dealkylation sites (N-methyl/N-ethyl adjacent to an activating group) is 1. The molecule has 1 aromatic carbocycles. The van der Waals surface area contributed by atoms with Gasteiger partial charge in [-0.05, 0) is 37.1 Å². The van der Waals surface area contributed by atoms with Gasteiger partial charge >= 0.3 is 5.97 Å². The molecule has 1 rings (SSSR count). The van der Waals surface area contributed by atoms with Crippen molar-refractivity contribution < 1.29 is 14.6 Å². The smallest absolute Gasteiger partial charge is 0.328 e. The van der Waals surface area contributed by atoms with E-state index in [2.05, 4.69) is 0 Å². The van der Waals surface area contributed by atoms with Crippen LogP contribution in [0, 0.1) is 13.8 Å². The van der Waals surface area contributed by atoms with Crippen LogP contribution in [0.1, 0.15) is 11.1 Å². The summed E-state index contributed by atoms with van der Waals surface area (Å²) in [5.74, 6) is -0.0290. The fraction of sp³-hybridized carbons (Fsp3) is 0.357. The zero-order valence-electron chi connectivity index (χ0n) is 11.2. The number of methoxy groups -OCH3 is 1. The van der Waals surface area contributed by atoms with Gasteiger partial charge in [0, 0.05) is 25.4 Å². The fourth-order valence-corrected chi connectivity index (χ4v) is 1.89. The van der Waals surface area contributed by atoms with Crippen LogP contribution >= 0.6 is 0 Å². The summed E-state index contributed by atoms with van der Waals surface area (Å²) < 4.78 is 5.31. The standard InChI is InChI=1S/C14H19NO3/c1-10-8-12(9-11(2)14(10)18-4)15(3)7-5-6-13(16)17/h5-6,8-9H,7H2,1-4H3,(H,16,17)/b6-5+. The second kappa shape index (κ2) is 6.10. The average Bonchev–Trinajstić information content (AvgIpc) is 2.27. The third-order valence-corrected chi connectivity index (χ3v) is 2.73. The van der Waals surface area contributed by atoms with E-state index < -0.39 is 5.97 Å². The minimum Gasteiger partial charge on any atom is -0.496 e. The van der Waals surface area contributed by atoms with E-state index in [1.54, 1.807) is 13.2 Å². The minimum absolute atomic E-state index is 0.553. The van der Waals surface area contributed by atoms with Gasteiger partial charge in [0.1, 0.15) is 5.75 Å². The summed E-state index contributed by atoms with van der Waals surface area (Å²) >= 11 is 0. The molecule has 1 N–H and O–H groups in total. The van der Waals surface area contributed by atoms with Crippen LogP contribution in [-0.2, 0) is 4.79 Å². The summed E-state index contributed by atoms with van der Waals surface area (Å²) in [5.41, 5.74) is 3.18. The molecule has 1 aromatic rings. The number of ether oxygens (including phenoxy) is 1. The number of carboxylic acid groups (broad SMARTS) is 1. The molecular formula is C14H19NO3. The molecule has 0 atom stereocenters. The van der Waals surface area contributed by atoms with Gasteiger partial charge in [-0.2, -0.15) is 0 Å². The number of hydrogen-bond acceptors (Lipinski definition) is 3. The Morgan fingerprint density at radius 2 is 1.94 bits per heavy atom. The number of rotatable bonds is 5. The van der Waals surface area contributed by atoms with E-state index in [0.717, 1.165) is 28.6 Å². The van der Waals surface area contributed by atoms with Gasteiger partial charge in [0.2, 0.25) is 0 Å². The maximum atomic E-state index is 10.4. The number of nitrogens with zero attached hydrogens (tertiary/aromatic N) is 1. The second-order valence-electron chi connectivity index (χ2n) is 4.23. The van der Waals surface area contributed by atoms with Gasteiger partial charge < -0.3 is 14.7 Å². The normalized spacial score (nSPS) is 10.7. The van der Waals surface area contributed by atoms with Crippen molar-refractivity contribution in [3.63, 3.8) is 0 Å². The van der Waals surface area contributed by atoms with Gasteiger partial charge in [0.05, 0.1) is 7.11 Å². The SMILES string of the molecule is COc1c(C)cc(N(C)C/C=C/C(=O)O)cc1C. The molecule has 0 spiro atoms. The molecule has 0 aliphatic heterocycles. The molecule has 0 unspecified atom stereocenters. The van der Waals surface area contributed by atoms with Crippen molar-refractivity contribution in [1.29, 1.82) is 0 Å². The molecule has 98 valence electrons. The molecule has 0 aromatic heterocycles. The highest BCUT2D eigenvalue weighted by molar-refractivity contribution is 5.79. The molecule has 4 heteroatoms. The lowest BCUT2D eigenvalue weighted by Crippen LogP contribution is -2.17. The minimum atomic E-state index is -0.925. The van der Waals surface area contributed by atoms with Crippen LogP contribution in [0.2, 0.25) is 0 Å². The van der Waals surface area contributed by atoms with Gasteiger partial charge in [-0.3, -0.25) is 0 Å². The first-order valence-corrected chi connectivity index (χ1v) is 5.71. The molecule has 0 aliphatic carbocycles. The van der Waals surface area contributed by atoms with Crippen molar-refractivity contribution in [2.24, 2.45) is 0 Å². The molecule has 0 bridgehead atoms. The summed E-state index contributed by atoms with van der Waals surface area (Å²) in [7, 11) is 3.58. The summed E-state index contributed by atoms with van der Waals surface area (Å²) in [6, 6.07) is 4.06. The Balaban J connectivity index is 2.87. The number of hydrogen-bond donors (Lipinski definition) is 1. The van der Waals surface area contributed by atoms with E-state index in [4.69, 9.17) is 9.84 Å². The highest BCUT2D eigenvalue weighted by Crippen LogP contribution is 2.28. The second-order valence-corrected chi connectivity index (χ2v) is 4.23. The van der Waals surface area contributed by atoms with Crippen molar-refractivity contribution in [2.75, 3.05) is 25.6 Å². The lowest BCUT2D eigenvalue weighted by Gasteiger charge is -2.20. The van der Waals surface area contributed by atoms with Gasteiger partial charge in [0.15, 0.2) is 0 Å². The maximum Gasteiger partial charge on any atom is 0.328 e. The Morgan fingerprint density at radius 1 is 1.39 bits per heavy atom. The van der Waals surface area contributed by atoms with Crippen molar-refractivity contribution in [1.82, 2.24) is 0 Å². The highest BCUT2D eigenvalue weighted by atomic mass is 16.5. The molecule has 0 fully saturated rings. The molecule has 18 heavy (non-hydrogen) atoms. The molecule has 4 nitrogen and oxygen atoms in total. The zero-order valence-corrected chi connectivity index (χ0v) is 11.2. The quantitative estimate of drug-likeness (QED) is 0.814. The number of benzene rings is 1. The molecule has 0 aliphatic rings. The van der Waals surface area contributed by atoms with Crippen LogP contribution in [0.4, 0.5) is 5.69 Å².